The molecular formula is C27H30Cl2N4O2. The largest absolute Gasteiger partial charge is 0.390 e. The summed E-state index contributed by atoms with van der Waals surface area (Å²) in [6.45, 7) is 3.55. The van der Waals surface area contributed by atoms with Crippen molar-refractivity contribution in [1.29, 1.82) is 0 Å². The Balaban J connectivity index is 1.19. The lowest BCUT2D eigenvalue weighted by Crippen LogP contribution is -2.51. The molecule has 2 heterocycles. The molecule has 1 amide bonds. The number of carbonyl (C=O) groups excluding carboxylic acids is 1. The van der Waals surface area contributed by atoms with Crippen molar-refractivity contribution < 1.29 is 9.90 Å². The van der Waals surface area contributed by atoms with Gasteiger partial charge in [0.05, 0.1) is 27.2 Å². The van der Waals surface area contributed by atoms with Crippen molar-refractivity contribution in [2.45, 2.75) is 31.8 Å². The molecule has 2 N–H and O–H groups in total. The normalized spacial score (nSPS) is 17.3. The molecule has 5 rings (SSSR count). The topological polar surface area (TPSA) is 68.7 Å². The fraction of sp³-hybridized carbons (Fsp3) is 0.407. The summed E-state index contributed by atoms with van der Waals surface area (Å²) in [5.74, 6) is -0.142. The minimum Gasteiger partial charge on any atom is -0.390 e. The van der Waals surface area contributed by atoms with E-state index in [1.54, 1.807) is 23.1 Å². The van der Waals surface area contributed by atoms with Crippen LogP contribution in [-0.4, -0.2) is 71.2 Å². The van der Waals surface area contributed by atoms with Crippen LogP contribution < -0.4 is 5.32 Å². The number of rotatable bonds is 6. The molecule has 1 unspecified atom stereocenters. The summed E-state index contributed by atoms with van der Waals surface area (Å²) in [5, 5.41) is 16.2. The predicted octanol–water partition coefficient (Wildman–Crippen LogP) is 4.65. The number of aromatic nitrogens is 1. The zero-order valence-electron chi connectivity index (χ0n) is 19.6. The number of aliphatic hydroxyl groups is 1. The molecule has 3 aromatic rings. The van der Waals surface area contributed by atoms with Crippen LogP contribution in [0.15, 0.2) is 42.5 Å². The second-order valence-corrected chi connectivity index (χ2v) is 10.2. The lowest BCUT2D eigenvalue weighted by atomic mass is 9.92. The van der Waals surface area contributed by atoms with Crippen LogP contribution in [0.2, 0.25) is 10.0 Å². The molecular weight excluding hydrogens is 483 g/mol. The maximum Gasteiger partial charge on any atom is 0.256 e. The van der Waals surface area contributed by atoms with Crippen molar-refractivity contribution in [3.05, 3.63) is 69.3 Å². The Kier molecular flexibility index (Phi) is 7.44. The number of β-amino-alcohol motifs (C(OH)–C–C–N with tert-alkyl or cyclic N) is 1. The van der Waals surface area contributed by atoms with Gasteiger partial charge in [0.2, 0.25) is 0 Å². The standard InChI is InChI=1S/C27H30Cl2N4O2/c28-21-8-5-9-22(29)25(21)27(35)33-14-12-32(13-15-33)17-18(34)16-30-26-19-6-1-3-10-23(19)31-24-11-4-2-7-20(24)26/h1,3,5-6,8-10,18,34H,2,4,7,11-17H2,(H,30,31). The molecule has 1 atom stereocenters. The number of hydrogen-bond acceptors (Lipinski definition) is 5. The molecule has 1 aliphatic carbocycles. The van der Waals surface area contributed by atoms with Crippen molar-refractivity contribution in [2.24, 2.45) is 0 Å². The van der Waals surface area contributed by atoms with Crippen molar-refractivity contribution in [3.8, 4) is 0 Å². The van der Waals surface area contributed by atoms with E-state index in [4.69, 9.17) is 28.2 Å². The molecule has 8 heteroatoms. The van der Waals surface area contributed by atoms with Crippen molar-refractivity contribution in [3.63, 3.8) is 0 Å². The number of hydrogen-bond donors (Lipinski definition) is 2. The molecule has 1 aromatic heterocycles. The maximum absolute atomic E-state index is 12.9. The lowest BCUT2D eigenvalue weighted by Gasteiger charge is -2.36. The van der Waals surface area contributed by atoms with Crippen LogP contribution in [0.1, 0.15) is 34.5 Å². The molecule has 2 aliphatic rings. The molecule has 0 saturated carbocycles. The third-order valence-corrected chi connectivity index (χ3v) is 7.62. The highest BCUT2D eigenvalue weighted by atomic mass is 35.5. The summed E-state index contributed by atoms with van der Waals surface area (Å²) in [6.07, 6.45) is 3.86. The fourth-order valence-electron chi connectivity index (χ4n) is 5.15. The summed E-state index contributed by atoms with van der Waals surface area (Å²) < 4.78 is 0. The number of para-hydroxylation sites is 1. The van der Waals surface area contributed by atoms with Crippen LogP contribution in [0.5, 0.6) is 0 Å². The summed E-state index contributed by atoms with van der Waals surface area (Å²) in [4.78, 5) is 21.8. The van der Waals surface area contributed by atoms with Crippen LogP contribution in [0.4, 0.5) is 5.69 Å². The monoisotopic (exact) mass is 512 g/mol. The predicted molar refractivity (Wildman–Crippen MR) is 142 cm³/mol. The van der Waals surface area contributed by atoms with Gasteiger partial charge >= 0.3 is 0 Å². The van der Waals surface area contributed by atoms with Gasteiger partial charge in [0.15, 0.2) is 0 Å². The quantitative estimate of drug-likeness (QED) is 0.502. The van der Waals surface area contributed by atoms with Gasteiger partial charge in [-0.25, -0.2) is 0 Å². The highest BCUT2D eigenvalue weighted by Gasteiger charge is 2.26. The second-order valence-electron chi connectivity index (χ2n) is 9.36. The molecule has 1 fully saturated rings. The van der Waals surface area contributed by atoms with Crippen LogP contribution in [0.3, 0.4) is 0 Å². The number of halogens is 2. The SMILES string of the molecule is O=C(c1c(Cl)cccc1Cl)N1CCN(CC(O)CNc2c3c(nc4ccccc24)CCCC3)CC1. The van der Waals surface area contributed by atoms with Gasteiger partial charge in [-0.3, -0.25) is 14.7 Å². The van der Waals surface area contributed by atoms with Gasteiger partial charge in [-0.05, 0) is 49.4 Å². The number of amides is 1. The van der Waals surface area contributed by atoms with Crippen LogP contribution >= 0.6 is 23.2 Å². The Bertz CT molecular complexity index is 1210. The van der Waals surface area contributed by atoms with E-state index in [0.717, 1.165) is 29.4 Å². The van der Waals surface area contributed by atoms with Gasteiger partial charge in [-0.1, -0.05) is 47.5 Å². The Hall–Kier alpha value is -2.38. The average Bonchev–Trinajstić information content (AvgIpc) is 2.87. The number of aryl methyl sites for hydroxylation is 1. The number of aliphatic hydroxyl groups excluding tert-OH is 1. The van der Waals surface area contributed by atoms with Crippen LogP contribution in [0, 0.1) is 0 Å². The van der Waals surface area contributed by atoms with Gasteiger partial charge in [0.1, 0.15) is 0 Å². The molecule has 2 aromatic carbocycles. The number of fused-ring (bicyclic) bond motifs is 2. The van der Waals surface area contributed by atoms with Gasteiger partial charge in [-0.15, -0.1) is 0 Å². The van der Waals surface area contributed by atoms with E-state index in [-0.39, 0.29) is 5.91 Å². The first-order valence-electron chi connectivity index (χ1n) is 12.3. The average molecular weight is 513 g/mol. The number of piperazine rings is 1. The summed E-state index contributed by atoms with van der Waals surface area (Å²) in [6, 6.07) is 13.3. The maximum atomic E-state index is 12.9. The van der Waals surface area contributed by atoms with E-state index in [9.17, 15) is 9.90 Å². The first kappa shape index (κ1) is 24.3. The number of carbonyl (C=O) groups is 1. The smallest absolute Gasteiger partial charge is 0.256 e. The van der Waals surface area contributed by atoms with Gasteiger partial charge in [0, 0.05) is 56.0 Å². The first-order valence-corrected chi connectivity index (χ1v) is 13.0. The third-order valence-electron chi connectivity index (χ3n) is 6.99. The van der Waals surface area contributed by atoms with Crippen molar-refractivity contribution in [2.75, 3.05) is 44.6 Å². The molecule has 0 bridgehead atoms. The molecule has 0 spiro atoms. The van der Waals surface area contributed by atoms with E-state index < -0.39 is 6.10 Å². The molecule has 1 saturated heterocycles. The summed E-state index contributed by atoms with van der Waals surface area (Å²) in [5.41, 5.74) is 4.97. The van der Waals surface area contributed by atoms with Crippen molar-refractivity contribution in [1.82, 2.24) is 14.8 Å². The van der Waals surface area contributed by atoms with Crippen molar-refractivity contribution >= 4 is 45.7 Å². The zero-order chi connectivity index (χ0) is 24.4. The Morgan fingerprint density at radius 2 is 1.71 bits per heavy atom. The zero-order valence-corrected chi connectivity index (χ0v) is 21.2. The lowest BCUT2D eigenvalue weighted by molar-refractivity contribution is 0.0547. The first-order chi connectivity index (χ1) is 17.0. The third kappa shape index (κ3) is 5.26. The van der Waals surface area contributed by atoms with E-state index in [2.05, 4.69) is 22.3 Å². The highest BCUT2D eigenvalue weighted by Crippen LogP contribution is 2.33. The molecule has 1 aliphatic heterocycles. The second kappa shape index (κ2) is 10.7. The molecule has 0 radical (unpaired) electrons. The minimum atomic E-state index is -0.526. The highest BCUT2D eigenvalue weighted by molar-refractivity contribution is 6.39. The number of nitrogens with zero attached hydrogens (tertiary/aromatic N) is 3. The van der Waals surface area contributed by atoms with E-state index in [1.807, 2.05) is 12.1 Å². The molecule has 6 nitrogen and oxygen atoms in total. The van der Waals surface area contributed by atoms with Gasteiger partial charge in [-0.2, -0.15) is 0 Å². The van der Waals surface area contributed by atoms with E-state index in [1.165, 1.54) is 24.1 Å². The summed E-state index contributed by atoms with van der Waals surface area (Å²) >= 11 is 12.4. The number of nitrogens with one attached hydrogen (secondary N) is 1. The minimum absolute atomic E-state index is 0.142. The Labute approximate surface area is 215 Å². The van der Waals surface area contributed by atoms with Gasteiger partial charge in [0.25, 0.3) is 5.91 Å². The number of pyridine rings is 1. The Morgan fingerprint density at radius 1 is 1.00 bits per heavy atom. The van der Waals surface area contributed by atoms with Gasteiger partial charge < -0.3 is 15.3 Å². The van der Waals surface area contributed by atoms with E-state index in [0.29, 0.717) is 54.9 Å². The van der Waals surface area contributed by atoms with Crippen LogP contribution in [-0.2, 0) is 12.8 Å². The van der Waals surface area contributed by atoms with E-state index >= 15 is 0 Å². The number of anilines is 1. The molecule has 184 valence electrons. The Morgan fingerprint density at radius 3 is 2.49 bits per heavy atom. The summed E-state index contributed by atoms with van der Waals surface area (Å²) in [7, 11) is 0. The van der Waals surface area contributed by atoms with Crippen LogP contribution in [0.25, 0.3) is 10.9 Å². The number of benzene rings is 2. The molecule has 35 heavy (non-hydrogen) atoms. The fourth-order valence-corrected chi connectivity index (χ4v) is 5.71.